The second-order valence-corrected chi connectivity index (χ2v) is 8.14. The van der Waals surface area contributed by atoms with Crippen LogP contribution in [0.15, 0.2) is 48.9 Å². The average Bonchev–Trinajstić information content (AvgIpc) is 3.02. The van der Waals surface area contributed by atoms with Gasteiger partial charge in [0.15, 0.2) is 0 Å². The Labute approximate surface area is 162 Å². The van der Waals surface area contributed by atoms with Gasteiger partial charge in [-0.15, -0.1) is 0 Å². The van der Waals surface area contributed by atoms with Crippen LogP contribution < -0.4 is 0 Å². The predicted molar refractivity (Wildman–Crippen MR) is 106 cm³/mol. The molecule has 5 heteroatoms. The molecule has 2 aliphatic rings. The number of likely N-dealkylation sites (tertiary alicyclic amines) is 2. The Bertz CT molecular complexity index is 701. The summed E-state index contributed by atoms with van der Waals surface area (Å²) in [5.41, 5.74) is 2.86. The molecule has 0 aliphatic carbocycles. The zero-order valence-electron chi connectivity index (χ0n) is 16.3. The van der Waals surface area contributed by atoms with Gasteiger partial charge in [0, 0.05) is 57.8 Å². The molecule has 144 valence electrons. The third kappa shape index (κ3) is 4.37. The third-order valence-corrected chi connectivity index (χ3v) is 6.34. The van der Waals surface area contributed by atoms with Gasteiger partial charge < -0.3 is 4.74 Å². The standard InChI is InChI=1S/C22H30N4O/c1-27-17-20-15-26(14-19-5-4-9-23-13-19)18-22(20)7-11-25(12-8-22)16-21-6-2-3-10-24-21/h2-6,9-10,13,20H,7-8,11-12,14-18H2,1H3/t20-/m1/s1. The van der Waals surface area contributed by atoms with Crippen molar-refractivity contribution in [2.75, 3.05) is 39.9 Å². The van der Waals surface area contributed by atoms with Crippen molar-refractivity contribution in [2.45, 2.75) is 25.9 Å². The molecule has 2 saturated heterocycles. The number of hydrogen-bond donors (Lipinski definition) is 0. The van der Waals surface area contributed by atoms with Crippen LogP contribution >= 0.6 is 0 Å². The van der Waals surface area contributed by atoms with Crippen LogP contribution in [0, 0.1) is 11.3 Å². The molecule has 0 bridgehead atoms. The van der Waals surface area contributed by atoms with E-state index in [0.717, 1.165) is 39.3 Å². The maximum absolute atomic E-state index is 5.61. The van der Waals surface area contributed by atoms with Gasteiger partial charge in [0.2, 0.25) is 0 Å². The summed E-state index contributed by atoms with van der Waals surface area (Å²) in [5.74, 6) is 0.621. The molecule has 1 spiro atoms. The summed E-state index contributed by atoms with van der Waals surface area (Å²) < 4.78 is 5.61. The first-order chi connectivity index (χ1) is 13.3. The smallest absolute Gasteiger partial charge is 0.0543 e. The van der Waals surface area contributed by atoms with Gasteiger partial charge in [0.05, 0.1) is 12.3 Å². The highest BCUT2D eigenvalue weighted by molar-refractivity contribution is 5.10. The number of piperidine rings is 1. The first kappa shape index (κ1) is 18.5. The van der Waals surface area contributed by atoms with E-state index in [9.17, 15) is 0 Å². The normalized spacial score (nSPS) is 23.1. The molecular formula is C22H30N4O. The second kappa shape index (κ2) is 8.46. The minimum atomic E-state index is 0.388. The Balaban J connectivity index is 1.38. The SMILES string of the molecule is COC[C@H]1CN(Cc2cccnc2)CC12CCN(Cc1ccccn1)CC2. The van der Waals surface area contributed by atoms with E-state index < -0.39 is 0 Å². The fraction of sp³-hybridized carbons (Fsp3) is 0.545. The summed E-state index contributed by atoms with van der Waals surface area (Å²) in [6.07, 6.45) is 8.23. The highest BCUT2D eigenvalue weighted by Gasteiger charge is 2.47. The number of rotatable bonds is 6. The van der Waals surface area contributed by atoms with Crippen LogP contribution in [0.5, 0.6) is 0 Å². The molecule has 0 N–H and O–H groups in total. The summed E-state index contributed by atoms with van der Waals surface area (Å²) in [7, 11) is 1.84. The van der Waals surface area contributed by atoms with Gasteiger partial charge in [-0.3, -0.25) is 19.8 Å². The van der Waals surface area contributed by atoms with Crippen molar-refractivity contribution in [1.82, 2.24) is 19.8 Å². The van der Waals surface area contributed by atoms with Gasteiger partial charge in [-0.1, -0.05) is 12.1 Å². The van der Waals surface area contributed by atoms with Crippen molar-refractivity contribution < 1.29 is 4.74 Å². The van der Waals surface area contributed by atoms with Crippen molar-refractivity contribution in [3.05, 3.63) is 60.2 Å². The highest BCUT2D eigenvalue weighted by Crippen LogP contribution is 2.45. The second-order valence-electron chi connectivity index (χ2n) is 8.14. The van der Waals surface area contributed by atoms with Crippen molar-refractivity contribution in [3.8, 4) is 0 Å². The van der Waals surface area contributed by atoms with Crippen LogP contribution in [0.2, 0.25) is 0 Å². The molecular weight excluding hydrogens is 336 g/mol. The molecule has 5 nitrogen and oxygen atoms in total. The van der Waals surface area contributed by atoms with Crippen molar-refractivity contribution >= 4 is 0 Å². The fourth-order valence-corrected chi connectivity index (χ4v) is 4.89. The van der Waals surface area contributed by atoms with E-state index in [2.05, 4.69) is 38.0 Å². The van der Waals surface area contributed by atoms with E-state index in [-0.39, 0.29) is 0 Å². The molecule has 0 unspecified atom stereocenters. The molecule has 0 saturated carbocycles. The lowest BCUT2D eigenvalue weighted by Gasteiger charge is -2.42. The Hall–Kier alpha value is -1.82. The third-order valence-electron chi connectivity index (χ3n) is 6.34. The van der Waals surface area contributed by atoms with E-state index in [0.29, 0.717) is 11.3 Å². The molecule has 4 heterocycles. The lowest BCUT2D eigenvalue weighted by molar-refractivity contribution is 0.0347. The van der Waals surface area contributed by atoms with E-state index in [1.807, 2.05) is 37.8 Å². The number of methoxy groups -OCH3 is 1. The summed E-state index contributed by atoms with van der Waals surface area (Å²) >= 11 is 0. The number of pyridine rings is 2. The number of aromatic nitrogens is 2. The van der Waals surface area contributed by atoms with Crippen LogP contribution in [0.1, 0.15) is 24.1 Å². The molecule has 2 aliphatic heterocycles. The molecule has 27 heavy (non-hydrogen) atoms. The van der Waals surface area contributed by atoms with Crippen molar-refractivity contribution in [2.24, 2.45) is 11.3 Å². The fourth-order valence-electron chi connectivity index (χ4n) is 4.89. The molecule has 0 amide bonds. The Morgan fingerprint density at radius 3 is 2.67 bits per heavy atom. The van der Waals surface area contributed by atoms with Crippen LogP contribution in [0.4, 0.5) is 0 Å². The first-order valence-corrected chi connectivity index (χ1v) is 10.00. The van der Waals surface area contributed by atoms with Crippen LogP contribution in [0.3, 0.4) is 0 Å². The summed E-state index contributed by atoms with van der Waals surface area (Å²) in [6, 6.07) is 10.4. The lowest BCUT2D eigenvalue weighted by Crippen LogP contribution is -2.45. The van der Waals surface area contributed by atoms with Crippen molar-refractivity contribution in [1.29, 1.82) is 0 Å². The zero-order chi connectivity index (χ0) is 18.5. The quantitative estimate of drug-likeness (QED) is 0.786. The van der Waals surface area contributed by atoms with Crippen molar-refractivity contribution in [3.63, 3.8) is 0 Å². The lowest BCUT2D eigenvalue weighted by atomic mass is 9.71. The van der Waals surface area contributed by atoms with Gasteiger partial charge in [-0.2, -0.15) is 0 Å². The van der Waals surface area contributed by atoms with Crippen LogP contribution in [0.25, 0.3) is 0 Å². The molecule has 0 radical (unpaired) electrons. The van der Waals surface area contributed by atoms with E-state index in [1.165, 1.54) is 30.6 Å². The van der Waals surface area contributed by atoms with Crippen LogP contribution in [-0.4, -0.2) is 59.7 Å². The number of hydrogen-bond acceptors (Lipinski definition) is 5. The molecule has 1 atom stereocenters. The summed E-state index contributed by atoms with van der Waals surface area (Å²) in [5, 5.41) is 0. The maximum Gasteiger partial charge on any atom is 0.0543 e. The molecule has 2 aromatic heterocycles. The topological polar surface area (TPSA) is 41.5 Å². The predicted octanol–water partition coefficient (Wildman–Crippen LogP) is 2.84. The average molecular weight is 367 g/mol. The molecule has 2 aromatic rings. The van der Waals surface area contributed by atoms with Crippen LogP contribution in [-0.2, 0) is 17.8 Å². The van der Waals surface area contributed by atoms with E-state index in [1.54, 1.807) is 0 Å². The monoisotopic (exact) mass is 366 g/mol. The summed E-state index contributed by atoms with van der Waals surface area (Å²) in [4.78, 5) is 13.9. The highest BCUT2D eigenvalue weighted by atomic mass is 16.5. The van der Waals surface area contributed by atoms with Gasteiger partial charge in [0.25, 0.3) is 0 Å². The van der Waals surface area contributed by atoms with Gasteiger partial charge in [0.1, 0.15) is 0 Å². The Kier molecular flexibility index (Phi) is 5.81. The number of nitrogens with zero attached hydrogens (tertiary/aromatic N) is 4. The Morgan fingerprint density at radius 1 is 1.07 bits per heavy atom. The molecule has 0 aromatic carbocycles. The number of ether oxygens (including phenoxy) is 1. The first-order valence-electron chi connectivity index (χ1n) is 10.00. The maximum atomic E-state index is 5.61. The van der Waals surface area contributed by atoms with E-state index in [4.69, 9.17) is 4.74 Å². The largest absolute Gasteiger partial charge is 0.384 e. The summed E-state index contributed by atoms with van der Waals surface area (Å²) in [6.45, 7) is 7.42. The Morgan fingerprint density at radius 2 is 1.96 bits per heavy atom. The zero-order valence-corrected chi connectivity index (χ0v) is 16.3. The molecule has 4 rings (SSSR count). The van der Waals surface area contributed by atoms with Gasteiger partial charge >= 0.3 is 0 Å². The minimum Gasteiger partial charge on any atom is -0.384 e. The van der Waals surface area contributed by atoms with Gasteiger partial charge in [-0.05, 0) is 55.1 Å². The van der Waals surface area contributed by atoms with Gasteiger partial charge in [-0.25, -0.2) is 0 Å². The minimum absolute atomic E-state index is 0.388. The van der Waals surface area contributed by atoms with E-state index >= 15 is 0 Å². The molecule has 2 fully saturated rings.